The standard InChI is InChI=1S/C5H6ClNS/c1-5(6)2-3-7-4-8/h2-3,5H,1H3/b3-2-. The SMILES string of the molecule is CC(Cl)/C=C\N=C=S. The van der Waals surface area contributed by atoms with Crippen molar-refractivity contribution in [2.75, 3.05) is 0 Å². The van der Waals surface area contributed by atoms with Gasteiger partial charge in [-0.2, -0.15) is 0 Å². The van der Waals surface area contributed by atoms with Crippen LogP contribution < -0.4 is 0 Å². The number of allylic oxidation sites excluding steroid dienone is 1. The molecule has 0 bridgehead atoms. The quantitative estimate of drug-likeness (QED) is 0.332. The Morgan fingerprint density at radius 1 is 1.88 bits per heavy atom. The summed E-state index contributed by atoms with van der Waals surface area (Å²) in [5, 5.41) is 2.20. The Bertz CT molecular complexity index is 124. The highest BCUT2D eigenvalue weighted by atomic mass is 35.5. The highest BCUT2D eigenvalue weighted by Crippen LogP contribution is 1.93. The third-order valence-corrected chi connectivity index (χ3v) is 0.729. The molecule has 0 saturated heterocycles. The molecular formula is C5H6ClNS. The van der Waals surface area contributed by atoms with E-state index in [1.54, 1.807) is 6.08 Å². The van der Waals surface area contributed by atoms with Crippen LogP contribution in [0.4, 0.5) is 0 Å². The van der Waals surface area contributed by atoms with Crippen molar-refractivity contribution in [3.05, 3.63) is 12.3 Å². The Balaban J connectivity index is 3.49. The third-order valence-electron chi connectivity index (χ3n) is 0.478. The van der Waals surface area contributed by atoms with Gasteiger partial charge in [-0.15, -0.1) is 11.6 Å². The average molecular weight is 148 g/mol. The van der Waals surface area contributed by atoms with Crippen LogP contribution in [0.25, 0.3) is 0 Å². The van der Waals surface area contributed by atoms with Crippen LogP contribution >= 0.6 is 23.8 Å². The van der Waals surface area contributed by atoms with E-state index >= 15 is 0 Å². The van der Waals surface area contributed by atoms with Crippen LogP contribution in [0.5, 0.6) is 0 Å². The summed E-state index contributed by atoms with van der Waals surface area (Å²) in [5.74, 6) is 0. The van der Waals surface area contributed by atoms with Gasteiger partial charge in [0.05, 0.1) is 10.5 Å². The minimum absolute atomic E-state index is 0.0158. The lowest BCUT2D eigenvalue weighted by Gasteiger charge is -1.83. The second kappa shape index (κ2) is 4.98. The zero-order valence-electron chi connectivity index (χ0n) is 4.47. The molecule has 0 aromatic heterocycles. The normalized spacial score (nSPS) is 13.2. The molecule has 0 heterocycles. The Labute approximate surface area is 59.1 Å². The Morgan fingerprint density at radius 3 is 2.88 bits per heavy atom. The van der Waals surface area contributed by atoms with E-state index in [0.29, 0.717) is 0 Å². The van der Waals surface area contributed by atoms with Gasteiger partial charge >= 0.3 is 0 Å². The summed E-state index contributed by atoms with van der Waals surface area (Å²) in [7, 11) is 0. The van der Waals surface area contributed by atoms with Gasteiger partial charge in [0.2, 0.25) is 0 Å². The van der Waals surface area contributed by atoms with E-state index in [9.17, 15) is 0 Å². The Morgan fingerprint density at radius 2 is 2.50 bits per heavy atom. The summed E-state index contributed by atoms with van der Waals surface area (Å²) in [4.78, 5) is 3.51. The van der Waals surface area contributed by atoms with E-state index in [1.165, 1.54) is 6.20 Å². The molecule has 0 amide bonds. The lowest BCUT2D eigenvalue weighted by Crippen LogP contribution is -1.78. The Kier molecular flexibility index (Phi) is 4.87. The van der Waals surface area contributed by atoms with E-state index in [0.717, 1.165) is 0 Å². The van der Waals surface area contributed by atoms with Gasteiger partial charge in [-0.1, -0.05) is 0 Å². The maximum absolute atomic E-state index is 5.50. The van der Waals surface area contributed by atoms with Crippen molar-refractivity contribution in [2.24, 2.45) is 4.99 Å². The molecule has 0 radical (unpaired) electrons. The zero-order chi connectivity index (χ0) is 6.41. The van der Waals surface area contributed by atoms with Crippen LogP contribution in [-0.2, 0) is 0 Å². The van der Waals surface area contributed by atoms with Crippen LogP contribution in [-0.4, -0.2) is 10.5 Å². The molecule has 1 nitrogen and oxygen atoms in total. The van der Waals surface area contributed by atoms with Crippen LogP contribution in [0, 0.1) is 0 Å². The molecule has 44 valence electrons. The van der Waals surface area contributed by atoms with Gasteiger partial charge in [0.15, 0.2) is 0 Å². The molecule has 8 heavy (non-hydrogen) atoms. The summed E-state index contributed by atoms with van der Waals surface area (Å²) < 4.78 is 0. The van der Waals surface area contributed by atoms with Crippen molar-refractivity contribution < 1.29 is 0 Å². The molecule has 1 unspecified atom stereocenters. The largest absolute Gasteiger partial charge is 0.203 e. The van der Waals surface area contributed by atoms with Gasteiger partial charge < -0.3 is 0 Å². The number of rotatable bonds is 2. The van der Waals surface area contributed by atoms with E-state index in [1.807, 2.05) is 6.92 Å². The molecular weight excluding hydrogens is 142 g/mol. The maximum atomic E-state index is 5.50. The maximum Gasteiger partial charge on any atom is 0.0634 e. The van der Waals surface area contributed by atoms with Crippen molar-refractivity contribution in [2.45, 2.75) is 12.3 Å². The number of alkyl halides is 1. The second-order valence-electron chi connectivity index (χ2n) is 1.24. The first-order chi connectivity index (χ1) is 3.77. The first kappa shape index (κ1) is 7.83. The molecule has 0 fully saturated rings. The fourth-order valence-corrected chi connectivity index (χ4v) is 0.318. The molecule has 0 aliphatic heterocycles. The first-order valence-corrected chi connectivity index (χ1v) is 2.99. The highest BCUT2D eigenvalue weighted by molar-refractivity contribution is 7.78. The van der Waals surface area contributed by atoms with Gasteiger partial charge in [-0.05, 0) is 25.2 Å². The molecule has 0 N–H and O–H groups in total. The van der Waals surface area contributed by atoms with Crippen LogP contribution in [0.15, 0.2) is 17.3 Å². The van der Waals surface area contributed by atoms with Crippen LogP contribution in [0.2, 0.25) is 0 Å². The number of isothiocyanates is 1. The lowest BCUT2D eigenvalue weighted by molar-refractivity contribution is 1.22. The molecule has 1 atom stereocenters. The molecule has 3 heteroatoms. The molecule has 0 rings (SSSR count). The monoisotopic (exact) mass is 147 g/mol. The van der Waals surface area contributed by atoms with Gasteiger partial charge in [-0.25, -0.2) is 4.99 Å². The number of thiocarbonyl (C=S) groups is 1. The van der Waals surface area contributed by atoms with E-state index in [2.05, 4.69) is 22.4 Å². The van der Waals surface area contributed by atoms with Crippen molar-refractivity contribution in [1.82, 2.24) is 0 Å². The van der Waals surface area contributed by atoms with E-state index < -0.39 is 0 Å². The first-order valence-electron chi connectivity index (χ1n) is 2.15. The van der Waals surface area contributed by atoms with E-state index in [-0.39, 0.29) is 5.38 Å². The van der Waals surface area contributed by atoms with Crippen LogP contribution in [0.3, 0.4) is 0 Å². The Hall–Kier alpha value is -0.170. The minimum atomic E-state index is 0.0158. The molecule has 0 saturated carbocycles. The van der Waals surface area contributed by atoms with Crippen molar-refractivity contribution in [1.29, 1.82) is 0 Å². The summed E-state index contributed by atoms with van der Waals surface area (Å²) in [6.07, 6.45) is 3.26. The van der Waals surface area contributed by atoms with Gasteiger partial charge in [-0.3, -0.25) is 0 Å². The van der Waals surface area contributed by atoms with Crippen molar-refractivity contribution >= 4 is 29.0 Å². The predicted molar refractivity (Wildman–Crippen MR) is 39.5 cm³/mol. The molecule has 0 spiro atoms. The van der Waals surface area contributed by atoms with Gasteiger partial charge in [0.1, 0.15) is 0 Å². The number of hydrogen-bond acceptors (Lipinski definition) is 2. The zero-order valence-corrected chi connectivity index (χ0v) is 6.04. The number of halogens is 1. The minimum Gasteiger partial charge on any atom is -0.203 e. The fraction of sp³-hybridized carbons (Fsp3) is 0.400. The summed E-state index contributed by atoms with van der Waals surface area (Å²) in [6, 6.07) is 0. The van der Waals surface area contributed by atoms with Crippen molar-refractivity contribution in [3.63, 3.8) is 0 Å². The predicted octanol–water partition coefficient (Wildman–Crippen LogP) is 2.23. The average Bonchev–Trinajstić information content (AvgIpc) is 1.66. The topological polar surface area (TPSA) is 12.4 Å². The number of hydrogen-bond donors (Lipinski definition) is 0. The molecule has 0 aromatic rings. The summed E-state index contributed by atoms with van der Waals surface area (Å²) in [5.41, 5.74) is 0. The van der Waals surface area contributed by atoms with Gasteiger partial charge in [0, 0.05) is 6.20 Å². The third kappa shape index (κ3) is 5.83. The number of nitrogens with zero attached hydrogens (tertiary/aromatic N) is 1. The van der Waals surface area contributed by atoms with Crippen LogP contribution in [0.1, 0.15) is 6.92 Å². The molecule has 0 aromatic carbocycles. The molecule has 0 aliphatic rings. The second-order valence-corrected chi connectivity index (χ2v) is 2.11. The van der Waals surface area contributed by atoms with Gasteiger partial charge in [0.25, 0.3) is 0 Å². The summed E-state index contributed by atoms with van der Waals surface area (Å²) in [6.45, 7) is 1.84. The summed E-state index contributed by atoms with van der Waals surface area (Å²) >= 11 is 9.80. The number of aliphatic imine (C=N–C) groups is 1. The molecule has 0 aliphatic carbocycles. The lowest BCUT2D eigenvalue weighted by atomic mass is 10.5. The fourth-order valence-electron chi connectivity index (χ4n) is 0.192. The van der Waals surface area contributed by atoms with E-state index in [4.69, 9.17) is 11.6 Å². The highest BCUT2D eigenvalue weighted by Gasteiger charge is 1.81. The van der Waals surface area contributed by atoms with Crippen molar-refractivity contribution in [3.8, 4) is 0 Å². The smallest absolute Gasteiger partial charge is 0.0634 e.